The summed E-state index contributed by atoms with van der Waals surface area (Å²) in [4.78, 5) is 69.6. The third-order valence-corrected chi connectivity index (χ3v) is 10.4. The number of aromatic nitrogens is 1. The van der Waals surface area contributed by atoms with Gasteiger partial charge < -0.3 is 14.4 Å². The number of ether oxygens (including phenoxy) is 2. The van der Waals surface area contributed by atoms with Crippen LogP contribution in [-0.4, -0.2) is 71.3 Å². The third-order valence-electron chi connectivity index (χ3n) is 7.57. The lowest BCUT2D eigenvalue weighted by atomic mass is 9.83. The van der Waals surface area contributed by atoms with Gasteiger partial charge in [-0.3, -0.25) is 23.7 Å². The molecule has 10 nitrogen and oxygen atoms in total. The number of carbonyl (C=O) groups is 4. The van der Waals surface area contributed by atoms with Gasteiger partial charge in [0.1, 0.15) is 11.8 Å². The maximum Gasteiger partial charge on any atom is 0.338 e. The number of anilines is 1. The quantitative estimate of drug-likeness (QED) is 0.302. The molecule has 0 spiro atoms. The van der Waals surface area contributed by atoms with Crippen molar-refractivity contribution in [1.29, 1.82) is 0 Å². The average Bonchev–Trinajstić information content (AvgIpc) is 3.44. The molecule has 2 fully saturated rings. The number of fused-ring (bicyclic) bond motifs is 2. The zero-order valence-electron chi connectivity index (χ0n) is 22.5. The first-order valence-corrected chi connectivity index (χ1v) is 15.5. The molecule has 0 saturated carbocycles. The van der Waals surface area contributed by atoms with Crippen molar-refractivity contribution in [1.82, 2.24) is 9.47 Å². The lowest BCUT2D eigenvalue weighted by molar-refractivity contribution is -0.136. The molecule has 0 aliphatic carbocycles. The van der Waals surface area contributed by atoms with Crippen LogP contribution in [0.25, 0.3) is 0 Å². The number of morpholine rings is 1. The van der Waals surface area contributed by atoms with Crippen molar-refractivity contribution >= 4 is 64.1 Å². The van der Waals surface area contributed by atoms with E-state index in [0.717, 1.165) is 33.6 Å². The van der Waals surface area contributed by atoms with Gasteiger partial charge in [0.05, 0.1) is 42.0 Å². The van der Waals surface area contributed by atoms with Gasteiger partial charge in [0.2, 0.25) is 17.7 Å². The smallest absolute Gasteiger partial charge is 0.338 e. The van der Waals surface area contributed by atoms with Gasteiger partial charge in [0.25, 0.3) is 0 Å². The van der Waals surface area contributed by atoms with Gasteiger partial charge in [0.15, 0.2) is 0 Å². The Morgan fingerprint density at radius 2 is 1.69 bits per heavy atom. The number of thioether (sulfide) groups is 1. The van der Waals surface area contributed by atoms with Gasteiger partial charge >= 0.3 is 10.8 Å². The fraction of sp³-hybridized carbons (Fsp3) is 0.345. The SMILES string of the molecule is CCOC(=O)c1ccc(N2C(=O)C3Sc4c(sc(=O)n4CC(=O)N4CCOCC4)C(c4ccc(Cl)cc4)C3C2=O)cc1. The Labute approximate surface area is 254 Å². The number of hydrogen-bond acceptors (Lipinski definition) is 9. The van der Waals surface area contributed by atoms with Crippen LogP contribution in [0.3, 0.4) is 0 Å². The number of benzene rings is 2. The van der Waals surface area contributed by atoms with Gasteiger partial charge in [-0.1, -0.05) is 46.8 Å². The van der Waals surface area contributed by atoms with Gasteiger partial charge in [-0.15, -0.1) is 0 Å². The first-order chi connectivity index (χ1) is 20.3. The van der Waals surface area contributed by atoms with Crippen LogP contribution in [0, 0.1) is 5.92 Å². The predicted molar refractivity (Wildman–Crippen MR) is 157 cm³/mol. The Morgan fingerprint density at radius 1 is 1.00 bits per heavy atom. The molecule has 2 saturated heterocycles. The summed E-state index contributed by atoms with van der Waals surface area (Å²) in [6.45, 7) is 3.54. The Kier molecular flexibility index (Phi) is 7.97. The second-order valence-corrected chi connectivity index (χ2v) is 12.5. The minimum absolute atomic E-state index is 0.163. The molecule has 0 N–H and O–H groups in total. The molecule has 3 amide bonds. The highest BCUT2D eigenvalue weighted by Crippen LogP contribution is 2.54. The molecular formula is C29H26ClN3O7S2. The van der Waals surface area contributed by atoms with Crippen LogP contribution in [0.15, 0.2) is 58.4 Å². The lowest BCUT2D eigenvalue weighted by Crippen LogP contribution is -2.43. The van der Waals surface area contributed by atoms with Crippen molar-refractivity contribution in [3.05, 3.63) is 79.2 Å². The zero-order chi connectivity index (χ0) is 29.5. The molecule has 3 aliphatic heterocycles. The minimum Gasteiger partial charge on any atom is -0.462 e. The van der Waals surface area contributed by atoms with Gasteiger partial charge in [-0.2, -0.15) is 0 Å². The van der Waals surface area contributed by atoms with Crippen molar-refractivity contribution in [3.63, 3.8) is 0 Å². The van der Waals surface area contributed by atoms with E-state index in [0.29, 0.717) is 52.5 Å². The second-order valence-electron chi connectivity index (χ2n) is 9.99. The monoisotopic (exact) mass is 627 g/mol. The summed E-state index contributed by atoms with van der Waals surface area (Å²) in [6.07, 6.45) is 0. The van der Waals surface area contributed by atoms with Gasteiger partial charge in [-0.25, -0.2) is 9.69 Å². The highest BCUT2D eigenvalue weighted by atomic mass is 35.5. The third kappa shape index (κ3) is 5.06. The summed E-state index contributed by atoms with van der Waals surface area (Å²) >= 11 is 8.32. The fourth-order valence-electron chi connectivity index (χ4n) is 5.55. The van der Waals surface area contributed by atoms with Crippen LogP contribution < -0.4 is 9.77 Å². The summed E-state index contributed by atoms with van der Waals surface area (Å²) in [7, 11) is 0. The molecule has 3 atom stereocenters. The first-order valence-electron chi connectivity index (χ1n) is 13.4. The first kappa shape index (κ1) is 28.7. The topological polar surface area (TPSA) is 115 Å². The van der Waals surface area contributed by atoms with Crippen LogP contribution in [0.5, 0.6) is 0 Å². The number of esters is 1. The number of hydrogen-bond donors (Lipinski definition) is 0. The summed E-state index contributed by atoms with van der Waals surface area (Å²) < 4.78 is 11.8. The van der Waals surface area contributed by atoms with Gasteiger partial charge in [0, 0.05) is 28.9 Å². The van der Waals surface area contributed by atoms with Crippen LogP contribution in [0.2, 0.25) is 5.02 Å². The van der Waals surface area contributed by atoms with E-state index in [4.69, 9.17) is 21.1 Å². The second kappa shape index (κ2) is 11.7. The van der Waals surface area contributed by atoms with Crippen molar-refractivity contribution in [2.75, 3.05) is 37.8 Å². The fourth-order valence-corrected chi connectivity index (χ4v) is 8.45. The van der Waals surface area contributed by atoms with E-state index in [1.807, 2.05) is 0 Å². The molecule has 3 aromatic rings. The number of thiazole rings is 1. The van der Waals surface area contributed by atoms with E-state index in [2.05, 4.69) is 0 Å². The molecule has 2 aromatic carbocycles. The highest BCUT2D eigenvalue weighted by molar-refractivity contribution is 8.00. The largest absolute Gasteiger partial charge is 0.462 e. The number of amides is 3. The van der Waals surface area contributed by atoms with Crippen LogP contribution >= 0.6 is 34.7 Å². The van der Waals surface area contributed by atoms with E-state index < -0.39 is 34.9 Å². The molecule has 1 aromatic heterocycles. The maximum absolute atomic E-state index is 14.0. The number of halogens is 1. The minimum atomic E-state index is -0.825. The van der Waals surface area contributed by atoms with E-state index in [1.54, 1.807) is 48.2 Å². The number of rotatable bonds is 6. The van der Waals surface area contributed by atoms with E-state index in [9.17, 15) is 24.0 Å². The Balaban J connectivity index is 1.38. The normalized spacial score (nSPS) is 21.7. The summed E-state index contributed by atoms with van der Waals surface area (Å²) in [5, 5.41) is 0.210. The molecule has 4 heterocycles. The summed E-state index contributed by atoms with van der Waals surface area (Å²) in [5.41, 5.74) is 1.39. The van der Waals surface area contributed by atoms with Crippen LogP contribution in [0.4, 0.5) is 5.69 Å². The van der Waals surface area contributed by atoms with Crippen LogP contribution in [0.1, 0.15) is 33.6 Å². The molecule has 13 heteroatoms. The molecule has 218 valence electrons. The summed E-state index contributed by atoms with van der Waals surface area (Å²) in [6, 6.07) is 13.2. The molecule has 0 bridgehead atoms. The molecule has 6 rings (SSSR count). The van der Waals surface area contributed by atoms with Crippen molar-refractivity contribution in [3.8, 4) is 0 Å². The van der Waals surface area contributed by atoms with Gasteiger partial charge in [-0.05, 0) is 48.9 Å². The average molecular weight is 628 g/mol. The Morgan fingerprint density at radius 3 is 2.36 bits per heavy atom. The summed E-state index contributed by atoms with van der Waals surface area (Å²) in [5.74, 6) is -2.91. The van der Waals surface area contributed by atoms with E-state index in [-0.39, 0.29) is 23.9 Å². The number of imide groups is 1. The van der Waals surface area contributed by atoms with Crippen molar-refractivity contribution in [2.45, 2.75) is 29.7 Å². The molecular weight excluding hydrogens is 602 g/mol. The molecule has 3 aliphatic rings. The zero-order valence-corrected chi connectivity index (χ0v) is 24.9. The molecule has 0 radical (unpaired) electrons. The van der Waals surface area contributed by atoms with Crippen molar-refractivity contribution in [2.24, 2.45) is 5.92 Å². The molecule has 42 heavy (non-hydrogen) atoms. The lowest BCUT2D eigenvalue weighted by Gasteiger charge is -2.31. The highest BCUT2D eigenvalue weighted by Gasteiger charge is 2.56. The Bertz CT molecular complexity index is 1610. The standard InChI is InChI=1S/C29H26ClN3O7S2/c1-2-40-28(37)17-5-9-19(10-6-17)33-25(35)22-21(16-3-7-18(30)8-4-16)24-27(41-23(22)26(33)36)32(29(38)42-24)15-20(34)31-11-13-39-14-12-31/h3-10,21-23H,2,11-15H2,1H3. The predicted octanol–water partition coefficient (Wildman–Crippen LogP) is 3.39. The van der Waals surface area contributed by atoms with E-state index >= 15 is 0 Å². The van der Waals surface area contributed by atoms with Crippen molar-refractivity contribution < 1.29 is 28.7 Å². The molecule has 3 unspecified atom stereocenters. The Hall–Kier alpha value is -3.45. The maximum atomic E-state index is 14.0. The van der Waals surface area contributed by atoms with Crippen LogP contribution in [-0.2, 0) is 30.4 Å². The van der Waals surface area contributed by atoms with E-state index in [1.165, 1.54) is 16.7 Å². The number of carbonyl (C=O) groups excluding carboxylic acids is 4. The number of nitrogens with zero attached hydrogens (tertiary/aromatic N) is 3.